The Bertz CT molecular complexity index is 381. The van der Waals surface area contributed by atoms with E-state index in [4.69, 9.17) is 0 Å². The molecule has 0 heteroatoms. The number of benzene rings is 1. The third-order valence-electron chi connectivity index (χ3n) is 2.58. The average Bonchev–Trinajstić information content (AvgIpc) is 2.62. The summed E-state index contributed by atoms with van der Waals surface area (Å²) in [5, 5.41) is 0. The van der Waals surface area contributed by atoms with Crippen LogP contribution in [0, 0.1) is 20.3 Å². The summed E-state index contributed by atoms with van der Waals surface area (Å²) in [6, 6.07) is 6.45. The van der Waals surface area contributed by atoms with E-state index < -0.39 is 0 Å². The lowest BCUT2D eigenvalue weighted by Crippen LogP contribution is -1.89. The highest BCUT2D eigenvalue weighted by atomic mass is 14.1. The molecule has 0 amide bonds. The third-order valence-corrected chi connectivity index (χ3v) is 2.58. The van der Waals surface area contributed by atoms with Crippen LogP contribution in [-0.4, -0.2) is 0 Å². The first-order chi connectivity index (χ1) is 6.29. The predicted octanol–water partition coefficient (Wildman–Crippen LogP) is 3.46. The van der Waals surface area contributed by atoms with Crippen molar-refractivity contribution in [2.75, 3.05) is 0 Å². The van der Waals surface area contributed by atoms with Gasteiger partial charge in [0.15, 0.2) is 0 Å². The van der Waals surface area contributed by atoms with Gasteiger partial charge in [-0.05, 0) is 36.1 Å². The van der Waals surface area contributed by atoms with Gasteiger partial charge in [-0.15, -0.1) is 0 Å². The Morgan fingerprint density at radius 3 is 2.54 bits per heavy atom. The summed E-state index contributed by atoms with van der Waals surface area (Å²) in [4.78, 5) is 0. The standard InChI is InChI=1S/C13H13/c1-10-6-5-9-13(11(10)2)12-7-3-4-8-12/h3-9H,1-2H3. The minimum Gasteiger partial charge on any atom is -0.0760 e. The minimum absolute atomic E-state index is 1.32. The van der Waals surface area contributed by atoms with Gasteiger partial charge in [0.2, 0.25) is 0 Å². The zero-order chi connectivity index (χ0) is 9.26. The van der Waals surface area contributed by atoms with Crippen LogP contribution in [0.4, 0.5) is 0 Å². The van der Waals surface area contributed by atoms with Gasteiger partial charge >= 0.3 is 0 Å². The number of hydrogen-bond acceptors (Lipinski definition) is 0. The van der Waals surface area contributed by atoms with Crippen LogP contribution in [0.5, 0.6) is 0 Å². The van der Waals surface area contributed by atoms with E-state index in [9.17, 15) is 0 Å². The van der Waals surface area contributed by atoms with Crippen molar-refractivity contribution in [2.24, 2.45) is 0 Å². The lowest BCUT2D eigenvalue weighted by Gasteiger charge is -2.08. The van der Waals surface area contributed by atoms with Crippen molar-refractivity contribution >= 4 is 5.57 Å². The maximum Gasteiger partial charge on any atom is 0.0131 e. The third kappa shape index (κ3) is 1.44. The van der Waals surface area contributed by atoms with Gasteiger partial charge in [-0.2, -0.15) is 0 Å². The fourth-order valence-electron chi connectivity index (χ4n) is 1.62. The Morgan fingerprint density at radius 1 is 1.00 bits per heavy atom. The minimum atomic E-state index is 1.32. The van der Waals surface area contributed by atoms with Gasteiger partial charge in [-0.1, -0.05) is 36.4 Å². The second kappa shape index (κ2) is 3.21. The summed E-state index contributed by atoms with van der Waals surface area (Å²) >= 11 is 0. The quantitative estimate of drug-likeness (QED) is 0.604. The van der Waals surface area contributed by atoms with Crippen molar-refractivity contribution in [3.05, 3.63) is 59.5 Å². The van der Waals surface area contributed by atoms with E-state index in [0.717, 1.165) is 0 Å². The zero-order valence-electron chi connectivity index (χ0n) is 8.04. The summed E-state index contributed by atoms with van der Waals surface area (Å²) < 4.78 is 0. The molecule has 0 saturated carbocycles. The molecule has 0 N–H and O–H groups in total. The smallest absolute Gasteiger partial charge is 0.0131 e. The van der Waals surface area contributed by atoms with Crippen LogP contribution in [0.15, 0.2) is 36.4 Å². The Kier molecular flexibility index (Phi) is 2.05. The maximum absolute atomic E-state index is 2.18. The molecule has 0 saturated heterocycles. The normalized spacial score (nSPS) is 14.8. The summed E-state index contributed by atoms with van der Waals surface area (Å²) in [5.74, 6) is 0. The van der Waals surface area contributed by atoms with Crippen molar-refractivity contribution in [1.82, 2.24) is 0 Å². The van der Waals surface area contributed by atoms with Crippen molar-refractivity contribution in [3.8, 4) is 0 Å². The fourth-order valence-corrected chi connectivity index (χ4v) is 1.62. The lowest BCUT2D eigenvalue weighted by atomic mass is 9.97. The molecule has 0 heterocycles. The molecule has 0 fully saturated rings. The van der Waals surface area contributed by atoms with Crippen LogP contribution in [0.1, 0.15) is 16.7 Å². The summed E-state index contributed by atoms with van der Waals surface area (Å²) in [6.45, 7) is 4.33. The molecule has 1 aromatic rings. The van der Waals surface area contributed by atoms with Gasteiger partial charge in [0.1, 0.15) is 0 Å². The van der Waals surface area contributed by atoms with E-state index in [2.05, 4.69) is 56.7 Å². The van der Waals surface area contributed by atoms with E-state index in [0.29, 0.717) is 0 Å². The second-order valence-electron chi connectivity index (χ2n) is 3.42. The Labute approximate surface area is 79.6 Å². The summed E-state index contributed by atoms with van der Waals surface area (Å²) in [5.41, 5.74) is 5.42. The van der Waals surface area contributed by atoms with Gasteiger partial charge in [0, 0.05) is 6.42 Å². The van der Waals surface area contributed by atoms with Gasteiger partial charge in [-0.25, -0.2) is 0 Å². The van der Waals surface area contributed by atoms with E-state index in [1.165, 1.54) is 22.3 Å². The topological polar surface area (TPSA) is 0 Å². The van der Waals surface area contributed by atoms with Crippen molar-refractivity contribution in [3.63, 3.8) is 0 Å². The summed E-state index contributed by atoms with van der Waals surface area (Å²) in [6.07, 6.45) is 8.47. The van der Waals surface area contributed by atoms with Gasteiger partial charge < -0.3 is 0 Å². The molecule has 0 spiro atoms. The number of aryl methyl sites for hydroxylation is 1. The summed E-state index contributed by atoms with van der Waals surface area (Å²) in [7, 11) is 0. The molecular weight excluding hydrogens is 156 g/mol. The first kappa shape index (κ1) is 8.31. The fraction of sp³-hybridized carbons (Fsp3) is 0.154. The SMILES string of the molecule is Cc1cccc(C2=CC=C[CH]2)c1C. The monoisotopic (exact) mass is 169 g/mol. The van der Waals surface area contributed by atoms with Crippen LogP contribution in [0.2, 0.25) is 0 Å². The molecule has 1 aliphatic rings. The van der Waals surface area contributed by atoms with E-state index in [-0.39, 0.29) is 0 Å². The Morgan fingerprint density at radius 2 is 1.85 bits per heavy atom. The highest BCUT2D eigenvalue weighted by Gasteiger charge is 2.06. The highest BCUT2D eigenvalue weighted by molar-refractivity contribution is 5.79. The van der Waals surface area contributed by atoms with E-state index in [1.807, 2.05) is 0 Å². The van der Waals surface area contributed by atoms with Crippen molar-refractivity contribution < 1.29 is 0 Å². The molecule has 0 unspecified atom stereocenters. The lowest BCUT2D eigenvalue weighted by molar-refractivity contribution is 1.31. The molecule has 1 aromatic carbocycles. The van der Waals surface area contributed by atoms with E-state index in [1.54, 1.807) is 0 Å². The molecule has 0 nitrogen and oxygen atoms in total. The molecular formula is C13H13. The Hall–Kier alpha value is -1.30. The maximum atomic E-state index is 2.18. The van der Waals surface area contributed by atoms with Crippen LogP contribution in [0.3, 0.4) is 0 Å². The molecule has 2 rings (SSSR count). The van der Waals surface area contributed by atoms with Crippen molar-refractivity contribution in [1.29, 1.82) is 0 Å². The average molecular weight is 169 g/mol. The first-order valence-corrected chi connectivity index (χ1v) is 4.57. The van der Waals surface area contributed by atoms with Crippen LogP contribution in [0.25, 0.3) is 5.57 Å². The van der Waals surface area contributed by atoms with Gasteiger partial charge in [0.25, 0.3) is 0 Å². The molecule has 0 aliphatic heterocycles. The molecule has 1 aliphatic carbocycles. The molecule has 0 atom stereocenters. The number of hydrogen-bond donors (Lipinski definition) is 0. The number of allylic oxidation sites excluding steroid dienone is 4. The molecule has 13 heavy (non-hydrogen) atoms. The van der Waals surface area contributed by atoms with Crippen LogP contribution in [-0.2, 0) is 0 Å². The Balaban J connectivity index is 2.46. The molecule has 0 aromatic heterocycles. The van der Waals surface area contributed by atoms with Gasteiger partial charge in [0.05, 0.1) is 0 Å². The van der Waals surface area contributed by atoms with Crippen LogP contribution < -0.4 is 0 Å². The molecule has 65 valence electrons. The van der Waals surface area contributed by atoms with Crippen molar-refractivity contribution in [2.45, 2.75) is 13.8 Å². The highest BCUT2D eigenvalue weighted by Crippen LogP contribution is 2.26. The van der Waals surface area contributed by atoms with Crippen LogP contribution >= 0.6 is 0 Å². The molecule has 0 bridgehead atoms. The number of rotatable bonds is 1. The second-order valence-corrected chi connectivity index (χ2v) is 3.42. The zero-order valence-corrected chi connectivity index (χ0v) is 8.04. The molecule has 1 radical (unpaired) electrons. The largest absolute Gasteiger partial charge is 0.0760 e. The first-order valence-electron chi connectivity index (χ1n) is 4.57. The van der Waals surface area contributed by atoms with Gasteiger partial charge in [-0.3, -0.25) is 0 Å². The predicted molar refractivity (Wildman–Crippen MR) is 57.3 cm³/mol. The van der Waals surface area contributed by atoms with E-state index >= 15 is 0 Å².